The van der Waals surface area contributed by atoms with E-state index < -0.39 is 0 Å². The Hall–Kier alpha value is -1.56. The van der Waals surface area contributed by atoms with E-state index in [1.165, 1.54) is 0 Å². The molecule has 0 aromatic carbocycles. The van der Waals surface area contributed by atoms with Crippen LogP contribution in [0, 0.1) is 5.41 Å². The second-order valence-corrected chi connectivity index (χ2v) is 6.45. The van der Waals surface area contributed by atoms with E-state index in [1.54, 1.807) is 0 Å². The summed E-state index contributed by atoms with van der Waals surface area (Å²) >= 11 is 0. The molecule has 6 heteroatoms. The van der Waals surface area contributed by atoms with Crippen LogP contribution in [0.1, 0.15) is 45.9 Å². The molecule has 0 aliphatic heterocycles. The molecule has 2 N–H and O–H groups in total. The standard InChI is InChI=1S/C15H25N5O/c1-6-9-12-13(19(5)18-9)20(14(16)17-12)10-8-11(21-7-2)15(10,3)4/h10-11H,6-8H2,1-5H3,(H2,16,17). The molecule has 3 rings (SSSR count). The van der Waals surface area contributed by atoms with Crippen LogP contribution in [0.15, 0.2) is 0 Å². The number of nitrogen functional groups attached to an aromatic ring is 1. The fourth-order valence-electron chi connectivity index (χ4n) is 3.55. The number of aromatic nitrogens is 4. The van der Waals surface area contributed by atoms with Gasteiger partial charge in [-0.25, -0.2) is 4.98 Å². The van der Waals surface area contributed by atoms with Crippen LogP contribution in [0.4, 0.5) is 5.95 Å². The van der Waals surface area contributed by atoms with E-state index in [0.717, 1.165) is 36.3 Å². The number of hydrogen-bond acceptors (Lipinski definition) is 4. The first kappa shape index (κ1) is 14.4. The number of nitrogens with two attached hydrogens (primary N) is 1. The summed E-state index contributed by atoms with van der Waals surface area (Å²) in [5.41, 5.74) is 9.24. The van der Waals surface area contributed by atoms with Gasteiger partial charge in [-0.3, -0.25) is 9.25 Å². The largest absolute Gasteiger partial charge is 0.378 e. The van der Waals surface area contributed by atoms with Gasteiger partial charge in [-0.15, -0.1) is 0 Å². The number of imidazole rings is 1. The highest BCUT2D eigenvalue weighted by Crippen LogP contribution is 2.52. The van der Waals surface area contributed by atoms with Crippen LogP contribution in [-0.2, 0) is 18.2 Å². The summed E-state index contributed by atoms with van der Waals surface area (Å²) < 4.78 is 9.89. The number of hydrogen-bond donors (Lipinski definition) is 1. The van der Waals surface area contributed by atoms with Crippen LogP contribution in [0.3, 0.4) is 0 Å². The van der Waals surface area contributed by atoms with Crippen LogP contribution in [0.5, 0.6) is 0 Å². The number of ether oxygens (including phenoxy) is 1. The van der Waals surface area contributed by atoms with Crippen molar-refractivity contribution in [1.29, 1.82) is 0 Å². The molecular weight excluding hydrogens is 266 g/mol. The molecule has 21 heavy (non-hydrogen) atoms. The average Bonchev–Trinajstić information content (AvgIpc) is 2.92. The van der Waals surface area contributed by atoms with Crippen molar-refractivity contribution in [3.63, 3.8) is 0 Å². The first-order valence-corrected chi connectivity index (χ1v) is 7.72. The minimum absolute atomic E-state index is 0.0500. The lowest BCUT2D eigenvalue weighted by Crippen LogP contribution is -2.51. The number of aryl methyl sites for hydroxylation is 2. The zero-order valence-corrected chi connectivity index (χ0v) is 13.6. The van der Waals surface area contributed by atoms with E-state index >= 15 is 0 Å². The third kappa shape index (κ3) is 1.88. The van der Waals surface area contributed by atoms with E-state index in [-0.39, 0.29) is 11.5 Å². The maximum Gasteiger partial charge on any atom is 0.202 e. The minimum atomic E-state index is 0.0500. The molecule has 0 spiro atoms. The van der Waals surface area contributed by atoms with Crippen LogP contribution in [0.2, 0.25) is 0 Å². The summed E-state index contributed by atoms with van der Waals surface area (Å²) in [4.78, 5) is 4.56. The molecule has 2 unspecified atom stereocenters. The van der Waals surface area contributed by atoms with Gasteiger partial charge in [0, 0.05) is 25.1 Å². The number of fused-ring (bicyclic) bond motifs is 1. The Bertz CT molecular complexity index is 669. The average molecular weight is 291 g/mol. The SMILES string of the molecule is CCOC1CC(n2c(N)nc3c(CC)nn(C)c32)C1(C)C. The monoisotopic (exact) mass is 291 g/mol. The van der Waals surface area contributed by atoms with Crippen LogP contribution >= 0.6 is 0 Å². The summed E-state index contributed by atoms with van der Waals surface area (Å²) in [6.45, 7) is 9.37. The van der Waals surface area contributed by atoms with Gasteiger partial charge in [0.2, 0.25) is 5.95 Å². The second-order valence-electron chi connectivity index (χ2n) is 6.45. The Labute approximate surface area is 125 Å². The highest BCUT2D eigenvalue weighted by molar-refractivity contribution is 5.78. The Morgan fingerprint density at radius 1 is 1.38 bits per heavy atom. The molecule has 2 heterocycles. The first-order chi connectivity index (χ1) is 9.91. The van der Waals surface area contributed by atoms with Crippen molar-refractivity contribution < 1.29 is 4.74 Å². The quantitative estimate of drug-likeness (QED) is 0.938. The first-order valence-electron chi connectivity index (χ1n) is 7.72. The lowest BCUT2D eigenvalue weighted by Gasteiger charge is -2.52. The van der Waals surface area contributed by atoms with Gasteiger partial charge >= 0.3 is 0 Å². The number of rotatable bonds is 4. The van der Waals surface area contributed by atoms with Crippen molar-refractivity contribution in [3.8, 4) is 0 Å². The maximum absolute atomic E-state index is 6.21. The Morgan fingerprint density at radius 3 is 2.67 bits per heavy atom. The molecule has 1 fully saturated rings. The summed E-state index contributed by atoms with van der Waals surface area (Å²) in [5.74, 6) is 0.584. The third-order valence-corrected chi connectivity index (χ3v) is 4.90. The molecule has 0 saturated heterocycles. The lowest BCUT2D eigenvalue weighted by molar-refractivity contribution is -0.126. The van der Waals surface area contributed by atoms with E-state index in [9.17, 15) is 0 Å². The molecule has 2 aromatic rings. The summed E-state index contributed by atoms with van der Waals surface area (Å²) in [7, 11) is 1.96. The lowest BCUT2D eigenvalue weighted by atomic mass is 9.64. The molecule has 0 radical (unpaired) electrons. The van der Waals surface area contributed by atoms with Crippen molar-refractivity contribution in [3.05, 3.63) is 5.69 Å². The molecule has 1 saturated carbocycles. The molecule has 0 amide bonds. The Kier molecular flexibility index (Phi) is 3.24. The zero-order valence-electron chi connectivity index (χ0n) is 13.6. The molecule has 2 aromatic heterocycles. The van der Waals surface area contributed by atoms with Crippen molar-refractivity contribution in [1.82, 2.24) is 19.3 Å². The number of nitrogens with zero attached hydrogens (tertiary/aromatic N) is 4. The van der Waals surface area contributed by atoms with Gasteiger partial charge in [-0.05, 0) is 19.8 Å². The smallest absolute Gasteiger partial charge is 0.202 e. The minimum Gasteiger partial charge on any atom is -0.378 e. The van der Waals surface area contributed by atoms with Crippen LogP contribution < -0.4 is 5.73 Å². The second kappa shape index (κ2) is 4.73. The van der Waals surface area contributed by atoms with Crippen molar-refractivity contribution >= 4 is 17.1 Å². The molecule has 1 aliphatic carbocycles. The van der Waals surface area contributed by atoms with E-state index in [1.807, 2.05) is 18.7 Å². The van der Waals surface area contributed by atoms with Gasteiger partial charge in [0.25, 0.3) is 0 Å². The zero-order chi connectivity index (χ0) is 15.4. The normalized spacial score (nSPS) is 24.4. The fraction of sp³-hybridized carbons (Fsp3) is 0.733. The van der Waals surface area contributed by atoms with Gasteiger partial charge in [-0.1, -0.05) is 20.8 Å². The summed E-state index contributed by atoms with van der Waals surface area (Å²) in [5, 5.41) is 4.56. The predicted octanol–water partition coefficient (Wildman–Crippen LogP) is 2.29. The van der Waals surface area contributed by atoms with E-state index in [0.29, 0.717) is 12.0 Å². The highest BCUT2D eigenvalue weighted by Gasteiger charge is 2.51. The predicted molar refractivity (Wildman–Crippen MR) is 83.1 cm³/mol. The summed E-state index contributed by atoms with van der Waals surface area (Å²) in [6, 6.07) is 0.305. The molecule has 116 valence electrons. The van der Waals surface area contributed by atoms with Gasteiger partial charge in [0.1, 0.15) is 5.52 Å². The van der Waals surface area contributed by atoms with E-state index in [4.69, 9.17) is 10.5 Å². The highest BCUT2D eigenvalue weighted by atomic mass is 16.5. The van der Waals surface area contributed by atoms with Crippen LogP contribution in [-0.4, -0.2) is 32.0 Å². The third-order valence-electron chi connectivity index (χ3n) is 4.90. The molecule has 6 nitrogen and oxygen atoms in total. The van der Waals surface area contributed by atoms with E-state index in [2.05, 4.69) is 35.4 Å². The van der Waals surface area contributed by atoms with Crippen LogP contribution in [0.25, 0.3) is 11.2 Å². The maximum atomic E-state index is 6.21. The van der Waals surface area contributed by atoms with Gasteiger partial charge in [0.05, 0.1) is 11.8 Å². The molecular formula is C15H25N5O. The molecule has 2 atom stereocenters. The van der Waals surface area contributed by atoms with Gasteiger partial charge < -0.3 is 10.5 Å². The van der Waals surface area contributed by atoms with Crippen molar-refractivity contribution in [2.75, 3.05) is 12.3 Å². The van der Waals surface area contributed by atoms with Crippen molar-refractivity contribution in [2.45, 2.75) is 52.7 Å². The fourth-order valence-corrected chi connectivity index (χ4v) is 3.55. The summed E-state index contributed by atoms with van der Waals surface area (Å²) in [6.07, 6.45) is 2.12. The van der Waals surface area contributed by atoms with Gasteiger partial charge in [0.15, 0.2) is 5.65 Å². The topological polar surface area (TPSA) is 70.9 Å². The molecule has 0 bridgehead atoms. The van der Waals surface area contributed by atoms with Gasteiger partial charge in [-0.2, -0.15) is 5.10 Å². The number of anilines is 1. The van der Waals surface area contributed by atoms with Crippen molar-refractivity contribution in [2.24, 2.45) is 12.5 Å². The Balaban J connectivity index is 2.06. The molecule has 1 aliphatic rings. The Morgan fingerprint density at radius 2 is 2.10 bits per heavy atom.